The Balaban J connectivity index is 1.40. The van der Waals surface area contributed by atoms with Crippen LogP contribution in [0.15, 0.2) is 18.2 Å². The Morgan fingerprint density at radius 2 is 2.16 bits per heavy atom. The second-order valence-corrected chi connectivity index (χ2v) is 9.17. The highest BCUT2D eigenvalue weighted by molar-refractivity contribution is 7.97. The van der Waals surface area contributed by atoms with Gasteiger partial charge < -0.3 is 25.1 Å². The van der Waals surface area contributed by atoms with Crippen molar-refractivity contribution in [3.8, 4) is 5.75 Å². The average molecular weight is 453 g/mol. The van der Waals surface area contributed by atoms with Gasteiger partial charge in [0.25, 0.3) is 0 Å². The van der Waals surface area contributed by atoms with E-state index in [0.717, 1.165) is 50.0 Å². The molecule has 0 aromatic heterocycles. The van der Waals surface area contributed by atoms with Crippen molar-refractivity contribution < 1.29 is 18.7 Å². The van der Waals surface area contributed by atoms with Crippen LogP contribution in [0.4, 0.5) is 9.18 Å². The number of carbonyl (C=O) groups excluding carboxylic acids is 2. The molecule has 2 amide bonds. The molecule has 1 aromatic rings. The zero-order valence-electron chi connectivity index (χ0n) is 18.1. The van der Waals surface area contributed by atoms with Gasteiger partial charge in [0.1, 0.15) is 6.29 Å². The number of nitrogens with zero attached hydrogens (tertiary/aromatic N) is 1. The molecular formula is C22H33FN4O3S. The molecule has 0 spiro atoms. The molecule has 1 saturated heterocycles. The van der Waals surface area contributed by atoms with E-state index in [2.05, 4.69) is 15.4 Å². The number of benzene rings is 1. The highest BCUT2D eigenvalue weighted by Gasteiger charge is 2.39. The van der Waals surface area contributed by atoms with Crippen LogP contribution in [-0.2, 0) is 10.3 Å². The summed E-state index contributed by atoms with van der Waals surface area (Å²) in [6, 6.07) is 4.96. The standard InChI is InChI=1S/C22H33FN4O3S/c1-24-21(29)27(10-11-28)9-3-2-4-12-31-26-22(15-25-16-22)18-7-8-19(23)20(13-18)30-14-17-5-6-17/h7-8,11,13,17,25-26H,2-6,9-10,12,14-16H2,1H3,(H,24,29). The molecule has 1 aliphatic heterocycles. The third-order valence-electron chi connectivity index (χ3n) is 5.75. The van der Waals surface area contributed by atoms with Crippen LogP contribution in [0.25, 0.3) is 0 Å². The summed E-state index contributed by atoms with van der Waals surface area (Å²) in [5, 5.41) is 5.87. The molecule has 1 saturated carbocycles. The molecule has 2 aliphatic rings. The number of halogens is 1. The first-order valence-corrected chi connectivity index (χ1v) is 12.0. The molecule has 1 aliphatic carbocycles. The van der Waals surface area contributed by atoms with Crippen LogP contribution in [0.3, 0.4) is 0 Å². The van der Waals surface area contributed by atoms with Crippen LogP contribution in [-0.4, -0.2) is 62.8 Å². The predicted molar refractivity (Wildman–Crippen MR) is 121 cm³/mol. The maximum absolute atomic E-state index is 14.1. The second kappa shape index (κ2) is 11.7. The van der Waals surface area contributed by atoms with E-state index in [1.165, 1.54) is 23.8 Å². The fourth-order valence-electron chi connectivity index (χ4n) is 3.48. The number of unbranched alkanes of at least 4 members (excludes halogenated alkanes) is 2. The number of hydrogen-bond acceptors (Lipinski definition) is 6. The molecule has 3 N–H and O–H groups in total. The minimum Gasteiger partial charge on any atom is -0.490 e. The van der Waals surface area contributed by atoms with E-state index in [4.69, 9.17) is 4.74 Å². The summed E-state index contributed by atoms with van der Waals surface area (Å²) in [6.07, 6.45) is 5.93. The number of nitrogens with one attached hydrogen (secondary N) is 3. The lowest BCUT2D eigenvalue weighted by Crippen LogP contribution is -2.63. The molecule has 0 bridgehead atoms. The molecule has 0 unspecified atom stereocenters. The van der Waals surface area contributed by atoms with Crippen molar-refractivity contribution >= 4 is 24.3 Å². The van der Waals surface area contributed by atoms with Gasteiger partial charge in [-0.3, -0.25) is 4.72 Å². The largest absolute Gasteiger partial charge is 0.490 e. The average Bonchev–Trinajstić information content (AvgIpc) is 3.57. The summed E-state index contributed by atoms with van der Waals surface area (Å²) < 4.78 is 23.4. The molecule has 0 atom stereocenters. The van der Waals surface area contributed by atoms with E-state index in [1.54, 1.807) is 19.0 Å². The summed E-state index contributed by atoms with van der Waals surface area (Å²) in [5.41, 5.74) is 0.830. The number of amides is 2. The third-order valence-corrected chi connectivity index (χ3v) is 6.77. The number of carbonyl (C=O) groups is 2. The van der Waals surface area contributed by atoms with E-state index in [0.29, 0.717) is 24.8 Å². The maximum atomic E-state index is 14.1. The third kappa shape index (κ3) is 6.82. The van der Waals surface area contributed by atoms with Gasteiger partial charge >= 0.3 is 6.03 Å². The highest BCUT2D eigenvalue weighted by Crippen LogP contribution is 2.34. The number of ether oxygens (including phenoxy) is 1. The van der Waals surface area contributed by atoms with E-state index in [1.807, 2.05) is 12.1 Å². The molecule has 1 heterocycles. The fourth-order valence-corrected chi connectivity index (χ4v) is 4.47. The number of hydrogen-bond donors (Lipinski definition) is 3. The minimum atomic E-state index is -0.306. The normalized spacial score (nSPS) is 17.0. The number of rotatable bonds is 14. The first kappa shape index (κ1) is 23.8. The van der Waals surface area contributed by atoms with Gasteiger partial charge in [-0.2, -0.15) is 0 Å². The lowest BCUT2D eigenvalue weighted by atomic mass is 9.85. The van der Waals surface area contributed by atoms with Crippen molar-refractivity contribution in [3.63, 3.8) is 0 Å². The van der Waals surface area contributed by atoms with Gasteiger partial charge in [0.2, 0.25) is 0 Å². The van der Waals surface area contributed by atoms with Crippen LogP contribution in [0.5, 0.6) is 5.75 Å². The van der Waals surface area contributed by atoms with Crippen molar-refractivity contribution in [2.24, 2.45) is 5.92 Å². The van der Waals surface area contributed by atoms with Crippen molar-refractivity contribution in [2.45, 2.75) is 37.6 Å². The molecule has 0 radical (unpaired) electrons. The van der Waals surface area contributed by atoms with Crippen LogP contribution in [0, 0.1) is 11.7 Å². The van der Waals surface area contributed by atoms with Crippen molar-refractivity contribution in [1.82, 2.24) is 20.3 Å². The van der Waals surface area contributed by atoms with Crippen molar-refractivity contribution in [2.75, 3.05) is 45.6 Å². The van der Waals surface area contributed by atoms with Crippen molar-refractivity contribution in [3.05, 3.63) is 29.6 Å². The van der Waals surface area contributed by atoms with Crippen LogP contribution >= 0.6 is 11.9 Å². The van der Waals surface area contributed by atoms with E-state index < -0.39 is 0 Å². The topological polar surface area (TPSA) is 82.7 Å². The fraction of sp³-hybridized carbons (Fsp3) is 0.636. The maximum Gasteiger partial charge on any atom is 0.317 e. The highest BCUT2D eigenvalue weighted by atomic mass is 32.2. The van der Waals surface area contributed by atoms with E-state index >= 15 is 0 Å². The Labute approximate surface area is 188 Å². The van der Waals surface area contributed by atoms with Gasteiger partial charge in [0, 0.05) is 32.4 Å². The summed E-state index contributed by atoms with van der Waals surface area (Å²) in [6.45, 7) is 2.87. The van der Waals surface area contributed by atoms with Gasteiger partial charge in [-0.15, -0.1) is 0 Å². The number of aldehydes is 1. The smallest absolute Gasteiger partial charge is 0.317 e. The quantitative estimate of drug-likeness (QED) is 0.229. The Hall–Kier alpha value is -1.84. The molecule has 1 aromatic carbocycles. The van der Waals surface area contributed by atoms with Crippen molar-refractivity contribution in [1.29, 1.82) is 0 Å². The van der Waals surface area contributed by atoms with Crippen LogP contribution < -0.4 is 20.1 Å². The Morgan fingerprint density at radius 1 is 1.35 bits per heavy atom. The van der Waals surface area contributed by atoms with Gasteiger partial charge in [0.05, 0.1) is 18.7 Å². The second-order valence-electron chi connectivity index (χ2n) is 8.26. The molecule has 3 rings (SSSR count). The van der Waals surface area contributed by atoms with Gasteiger partial charge in [-0.05, 0) is 49.3 Å². The predicted octanol–water partition coefficient (Wildman–Crippen LogP) is 2.66. The Morgan fingerprint density at radius 3 is 2.81 bits per heavy atom. The summed E-state index contributed by atoms with van der Waals surface area (Å²) >= 11 is 1.68. The molecular weight excluding hydrogens is 419 g/mol. The molecule has 9 heteroatoms. The van der Waals surface area contributed by atoms with E-state index in [9.17, 15) is 14.0 Å². The minimum absolute atomic E-state index is 0.121. The molecule has 172 valence electrons. The first-order valence-electron chi connectivity index (χ1n) is 11.0. The molecule has 7 nitrogen and oxygen atoms in total. The summed E-state index contributed by atoms with van der Waals surface area (Å²) in [5.74, 6) is 1.55. The zero-order chi connectivity index (χ0) is 22.1. The van der Waals surface area contributed by atoms with Gasteiger partial charge in [-0.25, -0.2) is 9.18 Å². The Bertz CT molecular complexity index is 743. The Kier molecular flexibility index (Phi) is 8.98. The van der Waals surface area contributed by atoms with E-state index in [-0.39, 0.29) is 23.9 Å². The first-order chi connectivity index (χ1) is 15.1. The van der Waals surface area contributed by atoms with Crippen LogP contribution in [0.2, 0.25) is 0 Å². The zero-order valence-corrected chi connectivity index (χ0v) is 18.9. The summed E-state index contributed by atoms with van der Waals surface area (Å²) in [4.78, 5) is 23.9. The molecule has 2 fully saturated rings. The molecule has 31 heavy (non-hydrogen) atoms. The lowest BCUT2D eigenvalue weighted by molar-refractivity contribution is -0.108. The van der Waals surface area contributed by atoms with Gasteiger partial charge in [-0.1, -0.05) is 24.4 Å². The van der Waals surface area contributed by atoms with Crippen LogP contribution in [0.1, 0.15) is 37.7 Å². The van der Waals surface area contributed by atoms with Gasteiger partial charge in [0.15, 0.2) is 11.6 Å². The summed E-state index contributed by atoms with van der Waals surface area (Å²) in [7, 11) is 1.57. The monoisotopic (exact) mass is 452 g/mol. The SMILES string of the molecule is CNC(=O)N(CC=O)CCCCCSNC1(c2ccc(F)c(OCC3CC3)c2)CNC1. The number of urea groups is 1. The lowest BCUT2D eigenvalue weighted by Gasteiger charge is -2.43.